The summed E-state index contributed by atoms with van der Waals surface area (Å²) in [6.45, 7) is 2.34. The quantitative estimate of drug-likeness (QED) is 0.304. The van der Waals surface area contributed by atoms with Crippen molar-refractivity contribution in [3.05, 3.63) is 91.0 Å². The highest BCUT2D eigenvalue weighted by atomic mass is 19.4. The number of hydrogen-bond acceptors (Lipinski definition) is 3. The molecule has 10 heteroatoms. The van der Waals surface area contributed by atoms with Crippen LogP contribution < -0.4 is 10.6 Å². The van der Waals surface area contributed by atoms with E-state index in [1.807, 2.05) is 0 Å². The number of nitrogens with one attached hydrogen (secondary N) is 2. The molecular formula is C24H18F6N4. The van der Waals surface area contributed by atoms with Crippen LogP contribution in [0.1, 0.15) is 5.56 Å². The van der Waals surface area contributed by atoms with E-state index in [0.29, 0.717) is 28.2 Å². The Labute approximate surface area is 190 Å². The van der Waals surface area contributed by atoms with E-state index in [1.165, 1.54) is 6.07 Å². The molecule has 0 bridgehead atoms. The molecular weight excluding hydrogens is 458 g/mol. The highest BCUT2D eigenvalue weighted by molar-refractivity contribution is 5.72. The van der Waals surface area contributed by atoms with Gasteiger partial charge < -0.3 is 10.6 Å². The molecule has 0 aliphatic rings. The number of anilines is 1. The molecule has 0 unspecified atom stereocenters. The van der Waals surface area contributed by atoms with Gasteiger partial charge in [-0.15, -0.1) is 0 Å². The average molecular weight is 476 g/mol. The molecule has 34 heavy (non-hydrogen) atoms. The summed E-state index contributed by atoms with van der Waals surface area (Å²) in [5.41, 5.74) is 2.74. The predicted octanol–water partition coefficient (Wildman–Crippen LogP) is 6.72. The Balaban J connectivity index is 1.59. The molecule has 0 spiro atoms. The molecule has 2 N–H and O–H groups in total. The molecule has 0 fully saturated rings. The van der Waals surface area contributed by atoms with Crippen LogP contribution in [0.15, 0.2) is 85.5 Å². The Kier molecular flexibility index (Phi) is 5.99. The Bertz CT molecular complexity index is 1340. The second-order valence-electron chi connectivity index (χ2n) is 7.52. The molecule has 4 nitrogen and oxygen atoms in total. The molecule has 2 aromatic carbocycles. The van der Waals surface area contributed by atoms with Gasteiger partial charge in [-0.2, -0.15) is 26.3 Å². The summed E-state index contributed by atoms with van der Waals surface area (Å²) >= 11 is 0. The SMILES string of the molecule is C=C(NCC(F)(F)F)Nc1cccc(-c2cnc3cc(-c4cccc(C(F)(F)F)c4)ccn23)c1. The van der Waals surface area contributed by atoms with Crippen LogP contribution in [0.4, 0.5) is 32.0 Å². The number of fused-ring (bicyclic) bond motifs is 1. The maximum Gasteiger partial charge on any atom is 0.416 e. The smallest absolute Gasteiger partial charge is 0.363 e. The van der Waals surface area contributed by atoms with Crippen molar-refractivity contribution in [1.82, 2.24) is 14.7 Å². The van der Waals surface area contributed by atoms with E-state index in [-0.39, 0.29) is 5.82 Å². The maximum absolute atomic E-state index is 13.1. The van der Waals surface area contributed by atoms with Gasteiger partial charge in [-0.3, -0.25) is 4.40 Å². The average Bonchev–Trinajstić information content (AvgIpc) is 3.20. The Hall–Kier alpha value is -3.95. The summed E-state index contributed by atoms with van der Waals surface area (Å²) in [6.07, 6.45) is -5.48. The molecule has 4 rings (SSSR count). The van der Waals surface area contributed by atoms with Crippen molar-refractivity contribution in [1.29, 1.82) is 0 Å². The Morgan fingerprint density at radius 1 is 0.882 bits per heavy atom. The van der Waals surface area contributed by atoms with Gasteiger partial charge >= 0.3 is 12.4 Å². The summed E-state index contributed by atoms with van der Waals surface area (Å²) in [5.74, 6) is -0.00153. The van der Waals surface area contributed by atoms with E-state index in [0.717, 1.165) is 17.7 Å². The van der Waals surface area contributed by atoms with Crippen LogP contribution in [0.3, 0.4) is 0 Å². The first kappa shape index (κ1) is 23.2. The number of alkyl halides is 6. The van der Waals surface area contributed by atoms with Crippen molar-refractivity contribution in [3.63, 3.8) is 0 Å². The molecule has 0 aliphatic heterocycles. The van der Waals surface area contributed by atoms with Crippen molar-refractivity contribution in [2.24, 2.45) is 0 Å². The first-order valence-electron chi connectivity index (χ1n) is 10.0. The highest BCUT2D eigenvalue weighted by Gasteiger charge is 2.30. The molecule has 0 radical (unpaired) electrons. The largest absolute Gasteiger partial charge is 0.416 e. The number of halogens is 6. The zero-order valence-corrected chi connectivity index (χ0v) is 17.5. The fourth-order valence-corrected chi connectivity index (χ4v) is 3.43. The monoisotopic (exact) mass is 476 g/mol. The normalized spacial score (nSPS) is 12.1. The molecule has 0 saturated carbocycles. The van der Waals surface area contributed by atoms with Crippen LogP contribution in [0, 0.1) is 0 Å². The summed E-state index contributed by atoms with van der Waals surface area (Å²) in [7, 11) is 0. The Morgan fingerprint density at radius 2 is 1.59 bits per heavy atom. The lowest BCUT2D eigenvalue weighted by molar-refractivity contribution is -0.137. The summed E-state index contributed by atoms with van der Waals surface area (Å²) in [6, 6.07) is 15.4. The molecule has 2 aromatic heterocycles. The van der Waals surface area contributed by atoms with E-state index in [2.05, 4.69) is 22.2 Å². The fraction of sp³-hybridized carbons (Fsp3) is 0.125. The second kappa shape index (κ2) is 8.77. The third-order valence-electron chi connectivity index (χ3n) is 4.99. The van der Waals surface area contributed by atoms with Gasteiger partial charge in [-0.25, -0.2) is 4.98 Å². The van der Waals surface area contributed by atoms with E-state index in [9.17, 15) is 26.3 Å². The Morgan fingerprint density at radius 3 is 2.32 bits per heavy atom. The second-order valence-corrected chi connectivity index (χ2v) is 7.52. The van der Waals surface area contributed by atoms with Gasteiger partial charge in [0.2, 0.25) is 0 Å². The first-order valence-corrected chi connectivity index (χ1v) is 10.0. The number of rotatable bonds is 6. The van der Waals surface area contributed by atoms with Crippen LogP contribution >= 0.6 is 0 Å². The van der Waals surface area contributed by atoms with E-state index in [4.69, 9.17) is 0 Å². The molecule has 2 heterocycles. The van der Waals surface area contributed by atoms with E-state index in [1.54, 1.807) is 59.3 Å². The van der Waals surface area contributed by atoms with Crippen LogP contribution in [-0.2, 0) is 6.18 Å². The summed E-state index contributed by atoms with van der Waals surface area (Å²) in [4.78, 5) is 4.36. The number of imidazole rings is 1. The van der Waals surface area contributed by atoms with Crippen LogP contribution in [0.2, 0.25) is 0 Å². The number of hydrogen-bond donors (Lipinski definition) is 2. The zero-order valence-electron chi connectivity index (χ0n) is 17.5. The van der Waals surface area contributed by atoms with Crippen molar-refractivity contribution >= 4 is 11.3 Å². The van der Waals surface area contributed by atoms with Gasteiger partial charge in [0.1, 0.15) is 12.2 Å². The predicted molar refractivity (Wildman–Crippen MR) is 118 cm³/mol. The number of aromatic nitrogens is 2. The van der Waals surface area contributed by atoms with Gasteiger partial charge in [-0.05, 0) is 47.5 Å². The third kappa shape index (κ3) is 5.33. The molecule has 0 aliphatic carbocycles. The minimum absolute atomic E-state index is 0.00153. The van der Waals surface area contributed by atoms with Crippen LogP contribution in [0.25, 0.3) is 28.0 Å². The van der Waals surface area contributed by atoms with Crippen molar-refractivity contribution < 1.29 is 26.3 Å². The van der Waals surface area contributed by atoms with Crippen LogP contribution in [-0.4, -0.2) is 22.1 Å². The lowest BCUT2D eigenvalue weighted by Gasteiger charge is -2.14. The first-order chi connectivity index (χ1) is 16.0. The highest BCUT2D eigenvalue weighted by Crippen LogP contribution is 2.33. The topological polar surface area (TPSA) is 41.4 Å². The minimum atomic E-state index is -4.44. The van der Waals surface area contributed by atoms with Crippen molar-refractivity contribution in [2.75, 3.05) is 11.9 Å². The standard InChI is InChI=1S/C24H18F6N4/c1-15(32-14-23(25,26)27)33-20-7-3-5-18(11-20)21-13-31-22-12-17(8-9-34(21)22)16-4-2-6-19(10-16)24(28,29)30/h2-13,32-33H,1,14H2. The molecule has 0 saturated heterocycles. The summed E-state index contributed by atoms with van der Waals surface area (Å²) in [5, 5.41) is 4.96. The summed E-state index contributed by atoms with van der Waals surface area (Å²) < 4.78 is 78.0. The lowest BCUT2D eigenvalue weighted by Crippen LogP contribution is -2.30. The van der Waals surface area contributed by atoms with Crippen molar-refractivity contribution in [3.8, 4) is 22.4 Å². The van der Waals surface area contributed by atoms with Gasteiger partial charge in [0, 0.05) is 17.4 Å². The molecule has 0 amide bonds. The van der Waals surface area contributed by atoms with Gasteiger partial charge in [0.05, 0.1) is 23.3 Å². The van der Waals surface area contributed by atoms with Crippen molar-refractivity contribution in [2.45, 2.75) is 12.4 Å². The molecule has 176 valence electrons. The van der Waals surface area contributed by atoms with E-state index >= 15 is 0 Å². The lowest BCUT2D eigenvalue weighted by atomic mass is 10.0. The van der Waals surface area contributed by atoms with Gasteiger partial charge in [0.25, 0.3) is 0 Å². The number of pyridine rings is 1. The molecule has 4 aromatic rings. The zero-order chi connectivity index (χ0) is 24.5. The minimum Gasteiger partial charge on any atom is -0.363 e. The number of benzene rings is 2. The van der Waals surface area contributed by atoms with E-state index < -0.39 is 24.5 Å². The van der Waals surface area contributed by atoms with Gasteiger partial charge in [0.15, 0.2) is 0 Å². The third-order valence-corrected chi connectivity index (χ3v) is 4.99. The fourth-order valence-electron chi connectivity index (χ4n) is 3.43. The number of nitrogens with zero attached hydrogens (tertiary/aromatic N) is 2. The van der Waals surface area contributed by atoms with Gasteiger partial charge in [-0.1, -0.05) is 30.8 Å². The van der Waals surface area contributed by atoms with Crippen LogP contribution in [0.5, 0.6) is 0 Å². The maximum atomic E-state index is 13.1. The molecule has 0 atom stereocenters.